The van der Waals surface area contributed by atoms with Crippen LogP contribution in [-0.2, 0) is 4.79 Å². The Hall–Kier alpha value is -2.03. The average Bonchev–Trinajstić information content (AvgIpc) is 2.64. The molecule has 0 heterocycles. The van der Waals surface area contributed by atoms with E-state index < -0.39 is 11.8 Å². The lowest BCUT2D eigenvalue weighted by molar-refractivity contribution is -0.124. The van der Waals surface area contributed by atoms with Crippen molar-refractivity contribution in [1.29, 1.82) is 0 Å². The predicted molar refractivity (Wildman–Crippen MR) is 74.8 cm³/mol. The van der Waals surface area contributed by atoms with Crippen LogP contribution < -0.4 is 0 Å². The standard InChI is InChI=1S/C17H16O3/c1-9-6-7-11(13(18)8-9)15-16(19)12-5-3-4-10(2)14(12)17(15)20/h3-5,11,15H,1,6-8H2,2H3. The summed E-state index contributed by atoms with van der Waals surface area (Å²) >= 11 is 0. The van der Waals surface area contributed by atoms with Crippen LogP contribution in [-0.4, -0.2) is 17.3 Å². The number of rotatable bonds is 1. The Labute approximate surface area is 117 Å². The molecule has 3 rings (SSSR count). The van der Waals surface area contributed by atoms with Gasteiger partial charge in [0.25, 0.3) is 0 Å². The van der Waals surface area contributed by atoms with Gasteiger partial charge in [0.2, 0.25) is 0 Å². The SMILES string of the molecule is C=C1CCC(C2C(=O)c3cccc(C)c3C2=O)C(=O)C1. The van der Waals surface area contributed by atoms with Crippen LogP contribution in [0.25, 0.3) is 0 Å². The fourth-order valence-electron chi connectivity index (χ4n) is 3.35. The van der Waals surface area contributed by atoms with E-state index in [1.165, 1.54) is 0 Å². The number of hydrogen-bond acceptors (Lipinski definition) is 3. The van der Waals surface area contributed by atoms with Gasteiger partial charge in [0.15, 0.2) is 11.6 Å². The van der Waals surface area contributed by atoms with E-state index in [0.717, 1.165) is 17.6 Å². The molecule has 2 aliphatic carbocycles. The number of allylic oxidation sites excluding steroid dienone is 1. The van der Waals surface area contributed by atoms with E-state index in [1.807, 2.05) is 13.0 Å². The van der Waals surface area contributed by atoms with Crippen LogP contribution in [0, 0.1) is 18.8 Å². The van der Waals surface area contributed by atoms with Crippen molar-refractivity contribution < 1.29 is 14.4 Å². The number of Topliss-reactive ketones (excluding diaryl/α,β-unsaturated/α-hetero) is 3. The first-order chi connectivity index (χ1) is 9.50. The molecule has 3 heteroatoms. The maximum absolute atomic E-state index is 12.6. The molecule has 0 amide bonds. The third-order valence-corrected chi connectivity index (χ3v) is 4.40. The molecule has 2 aliphatic rings. The van der Waals surface area contributed by atoms with Crippen LogP contribution in [0.3, 0.4) is 0 Å². The van der Waals surface area contributed by atoms with E-state index in [-0.39, 0.29) is 17.3 Å². The van der Waals surface area contributed by atoms with Gasteiger partial charge in [0, 0.05) is 23.5 Å². The Bertz CT molecular complexity index is 654. The van der Waals surface area contributed by atoms with Crippen LogP contribution >= 0.6 is 0 Å². The minimum atomic E-state index is -0.799. The van der Waals surface area contributed by atoms with Crippen LogP contribution in [0.4, 0.5) is 0 Å². The molecule has 0 bridgehead atoms. The fourth-order valence-corrected chi connectivity index (χ4v) is 3.35. The van der Waals surface area contributed by atoms with Crippen molar-refractivity contribution in [3.05, 3.63) is 47.0 Å². The van der Waals surface area contributed by atoms with Gasteiger partial charge in [-0.3, -0.25) is 14.4 Å². The molecule has 20 heavy (non-hydrogen) atoms. The largest absolute Gasteiger partial charge is 0.299 e. The van der Waals surface area contributed by atoms with Crippen molar-refractivity contribution in [2.24, 2.45) is 11.8 Å². The summed E-state index contributed by atoms with van der Waals surface area (Å²) in [5.74, 6) is -1.63. The summed E-state index contributed by atoms with van der Waals surface area (Å²) < 4.78 is 0. The number of carbonyl (C=O) groups excluding carboxylic acids is 3. The lowest BCUT2D eigenvalue weighted by Crippen LogP contribution is -2.34. The monoisotopic (exact) mass is 268 g/mol. The number of hydrogen-bond donors (Lipinski definition) is 0. The van der Waals surface area contributed by atoms with Crippen LogP contribution in [0.15, 0.2) is 30.4 Å². The molecule has 2 unspecified atom stereocenters. The zero-order valence-corrected chi connectivity index (χ0v) is 11.4. The van der Waals surface area contributed by atoms with Crippen LogP contribution in [0.5, 0.6) is 0 Å². The van der Waals surface area contributed by atoms with E-state index in [9.17, 15) is 14.4 Å². The Morgan fingerprint density at radius 3 is 2.55 bits per heavy atom. The van der Waals surface area contributed by atoms with E-state index in [1.54, 1.807) is 12.1 Å². The van der Waals surface area contributed by atoms with Gasteiger partial charge in [-0.1, -0.05) is 30.4 Å². The quantitative estimate of drug-likeness (QED) is 0.581. The first-order valence-corrected chi connectivity index (χ1v) is 6.88. The molecule has 0 radical (unpaired) electrons. The summed E-state index contributed by atoms with van der Waals surface area (Å²) in [6.07, 6.45) is 1.59. The molecule has 0 spiro atoms. The number of ketones is 3. The van der Waals surface area contributed by atoms with Crippen molar-refractivity contribution in [2.75, 3.05) is 0 Å². The summed E-state index contributed by atoms with van der Waals surface area (Å²) in [5.41, 5.74) is 2.71. The van der Waals surface area contributed by atoms with Gasteiger partial charge in [0.05, 0.1) is 5.92 Å². The van der Waals surface area contributed by atoms with E-state index in [4.69, 9.17) is 0 Å². The second-order valence-corrected chi connectivity index (χ2v) is 5.74. The lowest BCUT2D eigenvalue weighted by atomic mass is 9.75. The molecule has 1 aromatic rings. The molecule has 0 saturated heterocycles. The number of benzene rings is 1. The molecule has 1 saturated carbocycles. The highest BCUT2D eigenvalue weighted by Crippen LogP contribution is 2.38. The van der Waals surface area contributed by atoms with Gasteiger partial charge in [0.1, 0.15) is 5.78 Å². The molecular formula is C17H16O3. The van der Waals surface area contributed by atoms with Gasteiger partial charge in [-0.15, -0.1) is 0 Å². The third kappa shape index (κ3) is 1.77. The van der Waals surface area contributed by atoms with Gasteiger partial charge in [-0.2, -0.15) is 0 Å². The summed E-state index contributed by atoms with van der Waals surface area (Å²) in [6, 6.07) is 5.30. The molecule has 1 aromatic carbocycles. The number of fused-ring (bicyclic) bond motifs is 1. The smallest absolute Gasteiger partial charge is 0.175 e. The van der Waals surface area contributed by atoms with Crippen molar-refractivity contribution in [2.45, 2.75) is 26.2 Å². The molecule has 2 atom stereocenters. The summed E-state index contributed by atoms with van der Waals surface area (Å²) in [4.78, 5) is 37.2. The van der Waals surface area contributed by atoms with Gasteiger partial charge < -0.3 is 0 Å². The first-order valence-electron chi connectivity index (χ1n) is 6.88. The Morgan fingerprint density at radius 2 is 1.90 bits per heavy atom. The predicted octanol–water partition coefficient (Wildman–Crippen LogP) is 2.92. The molecule has 0 aliphatic heterocycles. The molecule has 0 N–H and O–H groups in total. The second-order valence-electron chi connectivity index (χ2n) is 5.74. The van der Waals surface area contributed by atoms with Crippen LogP contribution in [0.2, 0.25) is 0 Å². The van der Waals surface area contributed by atoms with Crippen molar-refractivity contribution in [1.82, 2.24) is 0 Å². The van der Waals surface area contributed by atoms with Gasteiger partial charge in [-0.05, 0) is 25.3 Å². The maximum Gasteiger partial charge on any atom is 0.175 e. The van der Waals surface area contributed by atoms with Crippen molar-refractivity contribution >= 4 is 17.3 Å². The molecule has 3 nitrogen and oxygen atoms in total. The molecule has 0 aromatic heterocycles. The zero-order chi connectivity index (χ0) is 14.4. The lowest BCUT2D eigenvalue weighted by Gasteiger charge is -2.25. The number of carbonyl (C=O) groups is 3. The second kappa shape index (κ2) is 4.51. The van der Waals surface area contributed by atoms with Gasteiger partial charge in [-0.25, -0.2) is 0 Å². The summed E-state index contributed by atoms with van der Waals surface area (Å²) in [5, 5.41) is 0. The topological polar surface area (TPSA) is 51.2 Å². The van der Waals surface area contributed by atoms with Crippen LogP contribution in [0.1, 0.15) is 45.5 Å². The highest BCUT2D eigenvalue weighted by molar-refractivity contribution is 6.28. The van der Waals surface area contributed by atoms with E-state index in [2.05, 4.69) is 6.58 Å². The van der Waals surface area contributed by atoms with E-state index >= 15 is 0 Å². The molecular weight excluding hydrogens is 252 g/mol. The highest BCUT2D eigenvalue weighted by Gasteiger charge is 2.46. The minimum absolute atomic E-state index is 0.0154. The maximum atomic E-state index is 12.6. The Morgan fingerprint density at radius 1 is 1.15 bits per heavy atom. The summed E-state index contributed by atoms with van der Waals surface area (Å²) in [6.45, 7) is 5.66. The fraction of sp³-hybridized carbons (Fsp3) is 0.353. The van der Waals surface area contributed by atoms with Gasteiger partial charge >= 0.3 is 0 Å². The third-order valence-electron chi connectivity index (χ3n) is 4.40. The minimum Gasteiger partial charge on any atom is -0.299 e. The van der Waals surface area contributed by atoms with Crippen molar-refractivity contribution in [3.63, 3.8) is 0 Å². The highest BCUT2D eigenvalue weighted by atomic mass is 16.2. The normalized spacial score (nSPS) is 26.1. The zero-order valence-electron chi connectivity index (χ0n) is 11.4. The molecule has 1 fully saturated rings. The average molecular weight is 268 g/mol. The number of aryl methyl sites for hydroxylation is 1. The van der Waals surface area contributed by atoms with E-state index in [0.29, 0.717) is 24.0 Å². The Balaban J connectivity index is 2.00. The first kappa shape index (κ1) is 13.0. The van der Waals surface area contributed by atoms with Crippen molar-refractivity contribution in [3.8, 4) is 0 Å². The Kier molecular flexibility index (Phi) is 2.93. The molecule has 102 valence electrons. The summed E-state index contributed by atoms with van der Waals surface area (Å²) in [7, 11) is 0.